The van der Waals surface area contributed by atoms with E-state index < -0.39 is 0 Å². The molecule has 9 aromatic rings. The number of aromatic nitrogens is 7. The molecule has 0 atom stereocenters. The van der Waals surface area contributed by atoms with Crippen LogP contribution in [0.5, 0.6) is 11.5 Å². The summed E-state index contributed by atoms with van der Waals surface area (Å²) in [5.41, 5.74) is 5.12. The van der Waals surface area contributed by atoms with Crippen LogP contribution in [0.2, 0.25) is 0 Å². The third-order valence-corrected chi connectivity index (χ3v) is 12.0. The van der Waals surface area contributed by atoms with E-state index in [-0.39, 0.29) is 7.43 Å². The molecule has 0 amide bonds. The fraction of sp³-hybridized carbons (Fsp3) is 0.608. The van der Waals surface area contributed by atoms with E-state index in [0.717, 1.165) is 82.7 Å². The Bertz CT molecular complexity index is 2750. The number of H-pyrrole nitrogens is 1. The number of benzene rings is 5. The van der Waals surface area contributed by atoms with Gasteiger partial charge in [-0.1, -0.05) is 438 Å². The maximum atomic E-state index is 5.08. The molecule has 12 rings (SSSR count). The molecule has 1 saturated carbocycles. The SMILES string of the molecule is C.C1CCOC1.CC.CC.CC.CC.CC.CC.CC.CC.CC.CC(C)C.CC(C)C.CC(C)C.CC(C)C.CC(C)C.CC(C)C1CCCCC1.CC(C)c1cccc2ccccc12.CC(C)c1ccccc1.CC(C)c1ccccn1.c1ccc2[nH]ncc2c1.c1ccc2c(c1)OCO2.c1cncnc1.c1ncon1. The molecule has 0 bridgehead atoms. The summed E-state index contributed by atoms with van der Waals surface area (Å²) in [7, 11) is 0. The number of ether oxygens (including phenoxy) is 3. The van der Waals surface area contributed by atoms with Gasteiger partial charge in [-0.3, -0.25) is 10.1 Å². The van der Waals surface area contributed by atoms with Crippen LogP contribution in [0.1, 0.15) is 371 Å². The van der Waals surface area contributed by atoms with E-state index in [4.69, 9.17) is 14.2 Å². The van der Waals surface area contributed by atoms with Crippen LogP contribution in [0.15, 0.2) is 194 Å². The lowest BCUT2D eigenvalue weighted by Gasteiger charge is -2.24. The first-order chi connectivity index (χ1) is 53.8. The van der Waals surface area contributed by atoms with Crippen molar-refractivity contribution in [2.24, 2.45) is 41.4 Å². The van der Waals surface area contributed by atoms with Gasteiger partial charge in [0.2, 0.25) is 13.2 Å². The highest BCUT2D eigenvalue weighted by Crippen LogP contribution is 2.31. The Morgan fingerprint density at radius 1 is 0.363 bits per heavy atom. The smallest absolute Gasteiger partial charge is 0.231 e. The predicted molar refractivity (Wildman–Crippen MR) is 515 cm³/mol. The number of hydrogen-bond acceptors (Lipinski definition) is 10. The summed E-state index contributed by atoms with van der Waals surface area (Å²) in [4.78, 5) is 15.0. The molecule has 656 valence electrons. The first kappa shape index (κ1) is 132. The maximum absolute atomic E-state index is 5.08. The number of aromatic amines is 1. The molecule has 11 nitrogen and oxygen atoms in total. The van der Waals surface area contributed by atoms with E-state index in [9.17, 15) is 0 Å². The fourth-order valence-corrected chi connectivity index (χ4v) is 7.74. The van der Waals surface area contributed by atoms with Gasteiger partial charge in [-0.25, -0.2) is 15.0 Å². The number of rotatable bonds is 4. The van der Waals surface area contributed by atoms with Gasteiger partial charge in [0.25, 0.3) is 0 Å². The summed E-state index contributed by atoms with van der Waals surface area (Å²) in [5.74, 6) is 9.66. The lowest BCUT2D eigenvalue weighted by Crippen LogP contribution is -2.12. The molecule has 2 aliphatic heterocycles. The first-order valence-electron chi connectivity index (χ1n) is 43.9. The quantitative estimate of drug-likeness (QED) is 0.181. The van der Waals surface area contributed by atoms with Crippen molar-refractivity contribution in [1.29, 1.82) is 0 Å². The van der Waals surface area contributed by atoms with Crippen molar-refractivity contribution in [1.82, 2.24) is 35.3 Å². The average molecular weight is 1580 g/mol. The van der Waals surface area contributed by atoms with E-state index in [2.05, 4.69) is 266 Å². The van der Waals surface area contributed by atoms with Crippen molar-refractivity contribution in [3.05, 3.63) is 206 Å². The zero-order chi connectivity index (χ0) is 88.7. The number of hydrogen-bond donors (Lipinski definition) is 1. The maximum Gasteiger partial charge on any atom is 0.231 e. The summed E-state index contributed by atoms with van der Waals surface area (Å²) >= 11 is 0. The van der Waals surface area contributed by atoms with Gasteiger partial charge in [0, 0.05) is 42.9 Å². The van der Waals surface area contributed by atoms with Crippen LogP contribution in [0.4, 0.5) is 0 Å². The van der Waals surface area contributed by atoms with Crippen LogP contribution in [-0.2, 0) is 4.74 Å². The van der Waals surface area contributed by atoms with Crippen molar-refractivity contribution in [2.45, 2.75) is 354 Å². The minimum atomic E-state index is 0. The lowest BCUT2D eigenvalue weighted by atomic mass is 9.82. The molecule has 1 saturated heterocycles. The normalized spacial score (nSPS) is 10.5. The van der Waals surface area contributed by atoms with Crippen molar-refractivity contribution < 1.29 is 18.7 Å². The number of nitrogens with zero attached hydrogens (tertiary/aromatic N) is 6. The summed E-state index contributed by atoms with van der Waals surface area (Å²) in [5, 5.41) is 13.9. The van der Waals surface area contributed by atoms with Gasteiger partial charge in [0.1, 0.15) is 6.33 Å². The third-order valence-electron chi connectivity index (χ3n) is 12.0. The van der Waals surface area contributed by atoms with E-state index >= 15 is 0 Å². The van der Waals surface area contributed by atoms with Crippen LogP contribution in [0.3, 0.4) is 0 Å². The Hall–Kier alpha value is -7.24. The molecule has 4 aromatic heterocycles. The van der Waals surface area contributed by atoms with Crippen molar-refractivity contribution in [3.8, 4) is 11.5 Å². The van der Waals surface area contributed by atoms with E-state index in [1.54, 1.807) is 18.5 Å². The van der Waals surface area contributed by atoms with Crippen LogP contribution in [-0.4, -0.2) is 55.3 Å². The van der Waals surface area contributed by atoms with Crippen LogP contribution < -0.4 is 9.47 Å². The summed E-state index contributed by atoms with van der Waals surface area (Å²) in [6.45, 7) is 88.7. The van der Waals surface area contributed by atoms with Gasteiger partial charge in [-0.05, 0) is 130 Å². The van der Waals surface area contributed by atoms with Gasteiger partial charge >= 0.3 is 0 Å². The molecule has 0 radical (unpaired) electrons. The second-order valence-electron chi connectivity index (χ2n) is 27.6. The van der Waals surface area contributed by atoms with Crippen molar-refractivity contribution >= 4 is 21.7 Å². The minimum absolute atomic E-state index is 0. The second-order valence-corrected chi connectivity index (χ2v) is 27.6. The predicted octanol–water partition coefficient (Wildman–Crippen LogP) is 34.7. The summed E-state index contributed by atoms with van der Waals surface area (Å²) in [6, 6.07) is 49.0. The Morgan fingerprint density at radius 3 is 1.07 bits per heavy atom. The van der Waals surface area contributed by atoms with Crippen LogP contribution in [0.25, 0.3) is 21.7 Å². The summed E-state index contributed by atoms with van der Waals surface area (Å²) < 4.78 is 19.3. The Kier molecular flexibility index (Phi) is 127. The number of para-hydroxylation sites is 3. The zero-order valence-corrected chi connectivity index (χ0v) is 81.1. The number of pyridine rings is 1. The molecular formula is C102H189N7O4. The van der Waals surface area contributed by atoms with Crippen molar-refractivity contribution in [2.75, 3.05) is 20.0 Å². The highest BCUT2D eigenvalue weighted by Gasteiger charge is 2.16. The number of nitrogens with one attached hydrogen (secondary N) is 1. The third kappa shape index (κ3) is 103. The molecule has 0 spiro atoms. The summed E-state index contributed by atoms with van der Waals surface area (Å²) in [6.07, 6.45) is 21.1. The fourth-order valence-electron chi connectivity index (χ4n) is 7.74. The minimum Gasteiger partial charge on any atom is -0.454 e. The molecule has 2 fully saturated rings. The highest BCUT2D eigenvalue weighted by atomic mass is 16.7. The Morgan fingerprint density at radius 2 is 0.770 bits per heavy atom. The topological polar surface area (TPSA) is 134 Å². The monoisotopic (exact) mass is 1580 g/mol. The van der Waals surface area contributed by atoms with Gasteiger partial charge < -0.3 is 18.7 Å². The van der Waals surface area contributed by atoms with Crippen LogP contribution in [0, 0.1) is 41.4 Å². The molecule has 113 heavy (non-hydrogen) atoms. The lowest BCUT2D eigenvalue weighted by molar-refractivity contribution is 0.174. The van der Waals surface area contributed by atoms with E-state index in [1.807, 2.05) is 210 Å². The van der Waals surface area contributed by atoms with E-state index in [1.165, 1.54) is 85.9 Å². The molecule has 1 aliphatic carbocycles. The standard InChI is InChI=1S/C13H14.C9H18.C9H12.C8H11N.C7H6N2.C7H6O2.C4H4N2.C4H8O.5C4H10.C2H2N2O.9C2H6.CH4/c1-10(2)12-9-5-7-11-6-3-4-8-13(11)12;2*1-8(2)9-6-4-3-5-7-9;1-7(2)8-5-3-4-6-9-8;1-2-4-7-6(3-1)5-8-9-7;1-2-4-7-6(3-1)8-5-9-7;1-2-5-4-6-3-1;1-2-4-5-3-1;5*1-4(2)3;1-3-2-5-4-1;9*1-2;/h3-10H,1-2H3;8-9H,3-7H2,1-2H3;3-8H,1-2H3;3-7H,1-2H3;1-5H,(H,8,9);1-4H,5H2;1-4H;1-4H2;5*4H,1-3H3;1-2H;9*1-2H3;1H4. The zero-order valence-electron chi connectivity index (χ0n) is 81.1. The average Bonchev–Trinajstić information content (AvgIpc) is 1.70. The van der Waals surface area contributed by atoms with Crippen molar-refractivity contribution in [3.63, 3.8) is 0 Å². The molecule has 11 heteroatoms. The molecular weight excluding hydrogens is 1390 g/mol. The second kappa shape index (κ2) is 109. The van der Waals surface area contributed by atoms with Gasteiger partial charge in [0.15, 0.2) is 17.8 Å². The molecule has 1 N–H and O–H groups in total. The Labute approximate surface area is 704 Å². The largest absolute Gasteiger partial charge is 0.454 e. The molecule has 0 unspecified atom stereocenters. The van der Waals surface area contributed by atoms with Gasteiger partial charge in [-0.15, -0.1) is 0 Å². The van der Waals surface area contributed by atoms with Gasteiger partial charge in [-0.2, -0.15) is 5.10 Å². The number of fused-ring (bicyclic) bond motifs is 3. The first-order valence-corrected chi connectivity index (χ1v) is 43.9. The molecule has 3 aliphatic rings. The Balaban J connectivity index is -0.0000000969. The van der Waals surface area contributed by atoms with E-state index in [0.29, 0.717) is 24.5 Å². The molecule has 6 heterocycles. The van der Waals surface area contributed by atoms with Gasteiger partial charge in [0.05, 0.1) is 11.7 Å². The molecule has 5 aromatic carbocycles. The highest BCUT2D eigenvalue weighted by molar-refractivity contribution is 5.86. The van der Waals surface area contributed by atoms with Crippen LogP contribution >= 0.6 is 0 Å².